The van der Waals surface area contributed by atoms with Gasteiger partial charge in [0.05, 0.1) is 17.8 Å². The molecule has 0 fully saturated rings. The van der Waals surface area contributed by atoms with Gasteiger partial charge in [0.15, 0.2) is 0 Å². The van der Waals surface area contributed by atoms with Crippen LogP contribution >= 0.6 is 21.8 Å². The number of aromatic nitrogens is 1. The first kappa shape index (κ1) is 10.6. The Balaban J connectivity index is 1.96. The topological polar surface area (TPSA) is 25.2 Å². The van der Waals surface area contributed by atoms with Gasteiger partial charge >= 0.3 is 0 Å². The Kier molecular flexibility index (Phi) is 2.67. The fourth-order valence-electron chi connectivity index (χ4n) is 2.56. The van der Waals surface area contributed by atoms with E-state index >= 15 is 0 Å². The Morgan fingerprint density at radius 3 is 3.06 bits per heavy atom. The Morgan fingerprint density at radius 2 is 2.25 bits per heavy atom. The van der Waals surface area contributed by atoms with Gasteiger partial charge in [0, 0.05) is 23.2 Å². The van der Waals surface area contributed by atoms with Gasteiger partial charge in [-0.05, 0) is 31.6 Å². The fourth-order valence-corrected chi connectivity index (χ4v) is 3.98. The van der Waals surface area contributed by atoms with Crippen molar-refractivity contribution in [3.63, 3.8) is 0 Å². The molecule has 16 heavy (non-hydrogen) atoms. The highest BCUT2D eigenvalue weighted by atomic mass is 33.1. The highest BCUT2D eigenvalue weighted by molar-refractivity contribution is 8.75. The second-order valence-electron chi connectivity index (χ2n) is 4.19. The Morgan fingerprint density at radius 1 is 1.38 bits per heavy atom. The normalized spacial score (nSPS) is 18.8. The van der Waals surface area contributed by atoms with Gasteiger partial charge in [0.2, 0.25) is 0 Å². The van der Waals surface area contributed by atoms with Crippen molar-refractivity contribution >= 4 is 27.7 Å². The van der Waals surface area contributed by atoms with Gasteiger partial charge in [0.1, 0.15) is 0 Å². The predicted octanol–water partition coefficient (Wildman–Crippen LogP) is 2.71. The molecule has 0 radical (unpaired) electrons. The smallest absolute Gasteiger partial charge is 0.266 e. The Hall–Kier alpha value is -0.550. The molecule has 0 aromatic carbocycles. The molecule has 0 saturated heterocycles. The molecular formula is C11H14N2OS2. The first-order valence-corrected chi connectivity index (χ1v) is 8.06. The van der Waals surface area contributed by atoms with Crippen molar-refractivity contribution in [1.29, 1.82) is 0 Å². The van der Waals surface area contributed by atoms with Crippen LogP contribution in [0.2, 0.25) is 0 Å². The van der Waals surface area contributed by atoms with E-state index in [4.69, 9.17) is 0 Å². The second-order valence-corrected chi connectivity index (χ2v) is 6.56. The molecule has 3 rings (SSSR count). The zero-order chi connectivity index (χ0) is 11.1. The van der Waals surface area contributed by atoms with Gasteiger partial charge in [-0.1, -0.05) is 10.8 Å². The van der Waals surface area contributed by atoms with E-state index in [0.29, 0.717) is 0 Å². The molecule has 0 atom stereocenters. The number of rotatable bonds is 2. The molecule has 1 aromatic rings. The van der Waals surface area contributed by atoms with E-state index in [1.807, 2.05) is 10.6 Å². The number of carbonyl (C=O) groups is 1. The lowest BCUT2D eigenvalue weighted by Gasteiger charge is -2.19. The lowest BCUT2D eigenvalue weighted by molar-refractivity contribution is 0.0890. The third kappa shape index (κ3) is 1.49. The monoisotopic (exact) mass is 254 g/mol. The minimum absolute atomic E-state index is 0.191. The van der Waals surface area contributed by atoms with Crippen molar-refractivity contribution in [2.24, 2.45) is 0 Å². The maximum absolute atomic E-state index is 12.1. The second kappa shape index (κ2) is 4.04. The van der Waals surface area contributed by atoms with Gasteiger partial charge in [-0.3, -0.25) is 9.10 Å². The highest BCUT2D eigenvalue weighted by Gasteiger charge is 2.33. The minimum Gasteiger partial charge on any atom is -0.346 e. The zero-order valence-electron chi connectivity index (χ0n) is 9.23. The summed E-state index contributed by atoms with van der Waals surface area (Å²) in [5, 5.41) is 0. The SMILES string of the molecule is CSSN1Cc2c(cc3n2CCCC3)C1=O. The average molecular weight is 254 g/mol. The summed E-state index contributed by atoms with van der Waals surface area (Å²) in [5.41, 5.74) is 3.54. The lowest BCUT2D eigenvalue weighted by atomic mass is 10.1. The standard InChI is InChI=1S/C11H14N2OS2/c1-15-16-13-7-10-9(11(13)14)6-8-4-2-3-5-12(8)10/h6H,2-5,7H2,1H3. The quantitative estimate of drug-likeness (QED) is 0.599. The highest BCUT2D eigenvalue weighted by Crippen LogP contribution is 2.36. The molecule has 0 bridgehead atoms. The Labute approximate surface area is 103 Å². The first-order chi connectivity index (χ1) is 7.81. The molecule has 0 spiro atoms. The van der Waals surface area contributed by atoms with Gasteiger partial charge in [-0.25, -0.2) is 0 Å². The summed E-state index contributed by atoms with van der Waals surface area (Å²) in [6.07, 6.45) is 5.65. The summed E-state index contributed by atoms with van der Waals surface area (Å²) in [6.45, 7) is 1.87. The number of hydrogen-bond donors (Lipinski definition) is 0. The van der Waals surface area contributed by atoms with Crippen molar-refractivity contribution in [3.05, 3.63) is 23.0 Å². The van der Waals surface area contributed by atoms with E-state index in [1.165, 1.54) is 24.2 Å². The Bertz CT molecular complexity index is 441. The van der Waals surface area contributed by atoms with Crippen LogP contribution in [0.25, 0.3) is 0 Å². The van der Waals surface area contributed by atoms with Gasteiger partial charge < -0.3 is 4.57 Å². The van der Waals surface area contributed by atoms with Crippen LogP contribution in [-0.4, -0.2) is 21.0 Å². The fraction of sp³-hybridized carbons (Fsp3) is 0.545. The number of nitrogens with zero attached hydrogens (tertiary/aromatic N) is 2. The van der Waals surface area contributed by atoms with E-state index in [9.17, 15) is 4.79 Å². The van der Waals surface area contributed by atoms with Crippen molar-refractivity contribution in [2.75, 3.05) is 6.26 Å². The van der Waals surface area contributed by atoms with Crippen molar-refractivity contribution < 1.29 is 4.79 Å². The van der Waals surface area contributed by atoms with Crippen LogP contribution in [0.5, 0.6) is 0 Å². The summed E-state index contributed by atoms with van der Waals surface area (Å²) in [4.78, 5) is 12.1. The van der Waals surface area contributed by atoms with Crippen LogP contribution < -0.4 is 0 Å². The van der Waals surface area contributed by atoms with E-state index < -0.39 is 0 Å². The predicted molar refractivity (Wildman–Crippen MR) is 68.3 cm³/mol. The van der Waals surface area contributed by atoms with Crippen LogP contribution in [0.15, 0.2) is 6.07 Å². The molecule has 0 saturated carbocycles. The minimum atomic E-state index is 0.191. The molecule has 1 amide bonds. The number of fused-ring (bicyclic) bond motifs is 3. The molecule has 5 heteroatoms. The number of hydrogen-bond acceptors (Lipinski definition) is 3. The van der Waals surface area contributed by atoms with E-state index in [-0.39, 0.29) is 5.91 Å². The zero-order valence-corrected chi connectivity index (χ0v) is 10.9. The molecule has 0 N–H and O–H groups in total. The molecule has 2 aliphatic rings. The maximum Gasteiger partial charge on any atom is 0.266 e. The molecular weight excluding hydrogens is 240 g/mol. The van der Waals surface area contributed by atoms with Gasteiger partial charge in [-0.15, -0.1) is 0 Å². The summed E-state index contributed by atoms with van der Waals surface area (Å²) in [7, 11) is 3.17. The average Bonchev–Trinajstić information content (AvgIpc) is 2.79. The third-order valence-electron chi connectivity index (χ3n) is 3.27. The molecule has 0 unspecified atom stereocenters. The summed E-state index contributed by atoms with van der Waals surface area (Å²) in [5.74, 6) is 0.191. The number of carbonyl (C=O) groups excluding carboxylic acids is 1. The first-order valence-electron chi connectivity index (χ1n) is 5.55. The number of aryl methyl sites for hydroxylation is 1. The van der Waals surface area contributed by atoms with Crippen LogP contribution in [0, 0.1) is 0 Å². The van der Waals surface area contributed by atoms with E-state index in [1.54, 1.807) is 21.8 Å². The molecule has 2 aliphatic heterocycles. The molecule has 3 nitrogen and oxygen atoms in total. The van der Waals surface area contributed by atoms with Crippen LogP contribution in [-0.2, 0) is 19.5 Å². The summed E-state index contributed by atoms with van der Waals surface area (Å²) in [6, 6.07) is 2.11. The van der Waals surface area contributed by atoms with E-state index in [0.717, 1.165) is 25.1 Å². The largest absolute Gasteiger partial charge is 0.346 e. The molecule has 3 heterocycles. The maximum atomic E-state index is 12.1. The van der Waals surface area contributed by atoms with Crippen molar-refractivity contribution in [2.45, 2.75) is 32.4 Å². The van der Waals surface area contributed by atoms with Gasteiger partial charge in [-0.2, -0.15) is 0 Å². The number of amides is 1. The molecule has 1 aromatic heterocycles. The van der Waals surface area contributed by atoms with Crippen LogP contribution in [0.1, 0.15) is 34.6 Å². The summed E-state index contributed by atoms with van der Waals surface area (Å²) < 4.78 is 4.22. The van der Waals surface area contributed by atoms with Crippen LogP contribution in [0.4, 0.5) is 0 Å². The summed E-state index contributed by atoms with van der Waals surface area (Å²) >= 11 is 0. The third-order valence-corrected chi connectivity index (χ3v) is 4.88. The lowest BCUT2D eigenvalue weighted by Crippen LogP contribution is -2.17. The molecule has 86 valence electrons. The van der Waals surface area contributed by atoms with Crippen molar-refractivity contribution in [1.82, 2.24) is 8.87 Å². The van der Waals surface area contributed by atoms with E-state index in [2.05, 4.69) is 10.6 Å². The van der Waals surface area contributed by atoms with Gasteiger partial charge in [0.25, 0.3) is 5.91 Å². The van der Waals surface area contributed by atoms with Crippen LogP contribution in [0.3, 0.4) is 0 Å². The molecule has 0 aliphatic carbocycles. The van der Waals surface area contributed by atoms with Crippen molar-refractivity contribution in [3.8, 4) is 0 Å².